The van der Waals surface area contributed by atoms with E-state index in [2.05, 4.69) is 116 Å². The quantitative estimate of drug-likeness (QED) is 0.0676. The monoisotopic (exact) mass is 970 g/mol. The lowest BCUT2D eigenvalue weighted by Gasteiger charge is -2.42. The molecule has 1 spiro atoms. The number of amides is 3. The molecule has 0 radical (unpaired) electrons. The predicted octanol–water partition coefficient (Wildman–Crippen LogP) is 10.5. The molecule has 68 heavy (non-hydrogen) atoms. The number of hydrogen-bond acceptors (Lipinski definition) is 10. The van der Waals surface area contributed by atoms with Gasteiger partial charge in [0.1, 0.15) is 49.2 Å². The Kier molecular flexibility index (Phi) is 13.5. The third-order valence-corrected chi connectivity index (χ3v) is 28.3. The summed E-state index contributed by atoms with van der Waals surface area (Å²) in [6.45, 7) is 27.9. The van der Waals surface area contributed by atoms with E-state index in [0.717, 1.165) is 19.4 Å². The van der Waals surface area contributed by atoms with Crippen molar-refractivity contribution in [2.75, 3.05) is 37.8 Å². The van der Waals surface area contributed by atoms with Crippen molar-refractivity contribution in [3.8, 4) is 34.5 Å². The molecule has 0 bridgehead atoms. The number of benzene rings is 2. The summed E-state index contributed by atoms with van der Waals surface area (Å²) >= 11 is 0. The minimum atomic E-state index is -2.56. The number of rotatable bonds is 13. The maximum Gasteiger partial charge on any atom is 0.322 e. The molecule has 4 saturated heterocycles. The smallest absolute Gasteiger partial charge is 0.322 e. The van der Waals surface area contributed by atoms with Gasteiger partial charge >= 0.3 is 12.0 Å². The first-order chi connectivity index (χ1) is 32.1. The summed E-state index contributed by atoms with van der Waals surface area (Å²) in [5.41, 5.74) is 7.12. The fourth-order valence-corrected chi connectivity index (χ4v) is 23.2. The number of halogens is 3. The molecular formula is C51H69F3N8O4Si2. The molecule has 366 valence electrons. The van der Waals surface area contributed by atoms with Gasteiger partial charge in [0, 0.05) is 49.6 Å². The van der Waals surface area contributed by atoms with Crippen LogP contribution in [0, 0.1) is 23.1 Å². The molecule has 4 aliphatic rings. The van der Waals surface area contributed by atoms with Crippen molar-refractivity contribution < 1.29 is 31.9 Å². The highest BCUT2D eigenvalue weighted by Gasteiger charge is 2.51. The number of fused-ring (bicyclic) bond motifs is 3. The van der Waals surface area contributed by atoms with Gasteiger partial charge in [-0.2, -0.15) is 9.97 Å². The Bertz CT molecular complexity index is 2640. The van der Waals surface area contributed by atoms with Crippen molar-refractivity contribution in [1.29, 1.82) is 0 Å². The van der Waals surface area contributed by atoms with Gasteiger partial charge in [0.25, 0.3) is 14.2 Å². The molecule has 2 aromatic heterocycles. The molecule has 4 aliphatic heterocycles. The maximum atomic E-state index is 18.2. The zero-order chi connectivity index (χ0) is 49.2. The van der Waals surface area contributed by atoms with Crippen LogP contribution in [0.5, 0.6) is 11.8 Å². The Labute approximate surface area is 401 Å². The Morgan fingerprint density at radius 3 is 2.19 bits per heavy atom. The number of carbonyl (C=O) groups excluding carboxylic acids is 2. The summed E-state index contributed by atoms with van der Waals surface area (Å²) in [4.78, 5) is 41.6. The molecule has 12 nitrogen and oxygen atoms in total. The van der Waals surface area contributed by atoms with Crippen molar-refractivity contribution >= 4 is 55.8 Å². The average Bonchev–Trinajstić information content (AvgIpc) is 3.89. The van der Waals surface area contributed by atoms with Gasteiger partial charge in [0.2, 0.25) is 0 Å². The predicted molar refractivity (Wildman–Crippen MR) is 268 cm³/mol. The van der Waals surface area contributed by atoms with Gasteiger partial charge in [-0.15, -0.1) is 5.54 Å². The van der Waals surface area contributed by atoms with E-state index in [-0.39, 0.29) is 93.4 Å². The number of nitrogens with zero attached hydrogens (tertiary/aromatic N) is 5. The molecule has 3 amide bonds. The number of ether oxygens (including phenoxy) is 1. The second kappa shape index (κ2) is 18.5. The molecule has 17 heteroatoms. The minimum Gasteiger partial charge on any atom is -0.543 e. The largest absolute Gasteiger partial charge is 0.543 e. The highest BCUT2D eigenvalue weighted by atomic mass is 28.4. The van der Waals surface area contributed by atoms with Crippen LogP contribution in [-0.4, -0.2) is 98.2 Å². The summed E-state index contributed by atoms with van der Waals surface area (Å²) in [6.07, 6.45) is 2.72. The number of hydrogen-bond donors (Lipinski definition) is 3. The highest BCUT2D eigenvalue weighted by Crippen LogP contribution is 2.47. The number of anilines is 1. The summed E-state index contributed by atoms with van der Waals surface area (Å²) in [5.74, 6) is 2.45. The van der Waals surface area contributed by atoms with E-state index < -0.39 is 57.2 Å². The standard InChI is InChI=1S/C51H69F3N8O4Si2/c1-29(2)67(30(3)4,31(5)6)21-16-38-41(53)15-14-35-22-37(66-68(32(7)8,33(9)10)34(11)12)23-39(42(35)38)44-43(54)45-40(25-55-44)46(62-20-18-51(27-56-62)47(63)59-48(64)60-51)58-49(57-45)65-28-50-17-13-19-61(50)26-36(52)24-50/h14-15,22-23,25,29-34,36,56H,13,17-20,24,26-28H2,1-12H3,(H2,59,60,63,64)/t36-,50+,51?/m1/s1. The van der Waals surface area contributed by atoms with Crippen molar-refractivity contribution in [2.45, 2.75) is 159 Å². The number of pyridine rings is 1. The van der Waals surface area contributed by atoms with Crippen molar-refractivity contribution in [3.05, 3.63) is 47.7 Å². The van der Waals surface area contributed by atoms with Gasteiger partial charge in [-0.05, 0) is 76.2 Å². The first-order valence-corrected chi connectivity index (χ1v) is 29.0. The SMILES string of the molecule is CC(C)[Si](C#Cc1c(F)ccc2cc(O[Si](C(C)C)(C(C)C)C(C)C)cc(-c3ncc4c(N5CCC6(CN5)NC(=O)NC6=O)nc(OC[C@@]56CCCN5C[C@H](F)C6)nc4c3F)c12)(C(C)C)C(C)C. The Hall–Kier alpha value is -4.77. The number of hydrazine groups is 1. The minimum absolute atomic E-state index is 0.0346. The number of nitrogens with one attached hydrogen (secondary N) is 3. The lowest BCUT2D eigenvalue weighted by Crippen LogP contribution is -2.63. The lowest BCUT2D eigenvalue weighted by molar-refractivity contribution is -0.124. The van der Waals surface area contributed by atoms with E-state index in [4.69, 9.17) is 24.1 Å². The molecule has 0 saturated carbocycles. The van der Waals surface area contributed by atoms with Crippen LogP contribution in [0.25, 0.3) is 32.9 Å². The van der Waals surface area contributed by atoms with E-state index in [1.165, 1.54) is 12.3 Å². The van der Waals surface area contributed by atoms with Crippen LogP contribution in [0.1, 0.15) is 114 Å². The van der Waals surface area contributed by atoms with E-state index in [0.29, 0.717) is 35.1 Å². The van der Waals surface area contributed by atoms with Gasteiger partial charge in [-0.1, -0.05) is 95.1 Å². The Morgan fingerprint density at radius 2 is 1.59 bits per heavy atom. The van der Waals surface area contributed by atoms with Gasteiger partial charge in [0.15, 0.2) is 11.6 Å². The van der Waals surface area contributed by atoms with Crippen molar-refractivity contribution in [1.82, 2.24) is 35.9 Å². The molecule has 0 aliphatic carbocycles. The Morgan fingerprint density at radius 1 is 0.897 bits per heavy atom. The fraction of sp³-hybridized carbons (Fsp3) is 0.588. The zero-order valence-corrected chi connectivity index (χ0v) is 43.8. The second-order valence-electron chi connectivity index (χ2n) is 21.7. The first kappa shape index (κ1) is 49.6. The summed E-state index contributed by atoms with van der Waals surface area (Å²) < 4.78 is 63.4. The number of alkyl halides is 1. The number of carbonyl (C=O) groups is 2. The van der Waals surface area contributed by atoms with Crippen LogP contribution >= 0.6 is 0 Å². The molecule has 4 aromatic rings. The topological polar surface area (TPSA) is 134 Å². The van der Waals surface area contributed by atoms with Gasteiger partial charge in [0.05, 0.1) is 16.5 Å². The molecule has 1 unspecified atom stereocenters. The first-order valence-electron chi connectivity index (χ1n) is 24.6. The maximum absolute atomic E-state index is 18.2. The normalized spacial score (nSPS) is 22.4. The molecule has 8 rings (SSSR count). The molecule has 2 aromatic carbocycles. The molecule has 3 atom stereocenters. The number of urea groups is 1. The third kappa shape index (κ3) is 8.34. The zero-order valence-electron chi connectivity index (χ0n) is 41.8. The van der Waals surface area contributed by atoms with Crippen LogP contribution < -0.4 is 30.2 Å². The fourth-order valence-electron chi connectivity index (χ4n) is 12.8. The van der Waals surface area contributed by atoms with Crippen LogP contribution in [0.15, 0.2) is 30.5 Å². The van der Waals surface area contributed by atoms with Crippen molar-refractivity contribution in [2.24, 2.45) is 0 Å². The second-order valence-corrected chi connectivity index (χ2v) is 32.6. The highest BCUT2D eigenvalue weighted by molar-refractivity contribution is 6.90. The van der Waals surface area contributed by atoms with Crippen LogP contribution in [0.3, 0.4) is 0 Å². The van der Waals surface area contributed by atoms with Crippen LogP contribution in [0.4, 0.5) is 23.8 Å². The van der Waals surface area contributed by atoms with Gasteiger partial charge in [-0.3, -0.25) is 25.0 Å². The Balaban J connectivity index is 1.34. The van der Waals surface area contributed by atoms with Crippen LogP contribution in [0.2, 0.25) is 33.2 Å². The number of imide groups is 1. The summed E-state index contributed by atoms with van der Waals surface area (Å²) in [5, 5.41) is 8.07. The molecule has 4 fully saturated rings. The van der Waals surface area contributed by atoms with E-state index in [9.17, 15) is 14.0 Å². The molecule has 3 N–H and O–H groups in total. The summed E-state index contributed by atoms with van der Waals surface area (Å²) in [6, 6.07) is 6.19. The van der Waals surface area contributed by atoms with Crippen molar-refractivity contribution in [3.63, 3.8) is 0 Å². The van der Waals surface area contributed by atoms with Crippen LogP contribution in [-0.2, 0) is 4.79 Å². The summed E-state index contributed by atoms with van der Waals surface area (Å²) in [7, 11) is -4.93. The molecular weight excluding hydrogens is 902 g/mol. The van der Waals surface area contributed by atoms with Gasteiger partial charge in [-0.25, -0.2) is 23.4 Å². The van der Waals surface area contributed by atoms with Gasteiger partial charge < -0.3 is 14.5 Å². The van der Waals surface area contributed by atoms with E-state index in [1.807, 2.05) is 6.07 Å². The lowest BCUT2D eigenvalue weighted by atomic mass is 9.93. The third-order valence-electron chi connectivity index (χ3n) is 16.0. The average molecular weight is 971 g/mol. The van der Waals surface area contributed by atoms with E-state index >= 15 is 8.78 Å². The number of aromatic nitrogens is 3. The molecule has 6 heterocycles. The van der Waals surface area contributed by atoms with E-state index in [1.54, 1.807) is 17.1 Å².